The fourth-order valence-electron chi connectivity index (χ4n) is 4.11. The minimum atomic E-state index is -0.157. The fourth-order valence-corrected chi connectivity index (χ4v) is 4.23. The number of aromatic nitrogens is 5. The van der Waals surface area contributed by atoms with Crippen LogP contribution in [0.2, 0.25) is 5.02 Å². The van der Waals surface area contributed by atoms with Crippen LogP contribution in [0, 0.1) is 6.92 Å². The van der Waals surface area contributed by atoms with Crippen molar-refractivity contribution in [3.63, 3.8) is 0 Å². The first-order valence-corrected chi connectivity index (χ1v) is 11.0. The van der Waals surface area contributed by atoms with E-state index in [0.29, 0.717) is 29.6 Å². The molecule has 2 aromatic carbocycles. The van der Waals surface area contributed by atoms with Crippen LogP contribution in [0.1, 0.15) is 36.1 Å². The van der Waals surface area contributed by atoms with E-state index in [0.717, 1.165) is 28.1 Å². The molecule has 0 fully saturated rings. The predicted molar refractivity (Wildman–Crippen MR) is 125 cm³/mol. The van der Waals surface area contributed by atoms with Crippen molar-refractivity contribution in [2.45, 2.75) is 26.2 Å². The van der Waals surface area contributed by atoms with Crippen molar-refractivity contribution in [2.75, 3.05) is 11.9 Å². The van der Waals surface area contributed by atoms with Crippen LogP contribution in [0.25, 0.3) is 17.2 Å². The highest BCUT2D eigenvalue weighted by atomic mass is 35.5. The van der Waals surface area contributed by atoms with E-state index in [9.17, 15) is 4.79 Å². The summed E-state index contributed by atoms with van der Waals surface area (Å²) in [6, 6.07) is 15.1. The molecule has 0 aliphatic carbocycles. The van der Waals surface area contributed by atoms with E-state index in [1.54, 1.807) is 23.0 Å². The van der Waals surface area contributed by atoms with Crippen molar-refractivity contribution in [1.82, 2.24) is 25.0 Å². The third-order valence-electron chi connectivity index (χ3n) is 5.55. The fraction of sp³-hybridized carbons (Fsp3) is 0.208. The average Bonchev–Trinajstić information content (AvgIpc) is 3.15. The Morgan fingerprint density at radius 3 is 2.82 bits per heavy atom. The summed E-state index contributed by atoms with van der Waals surface area (Å²) in [5, 5.41) is 16.6. The lowest BCUT2D eigenvalue weighted by molar-refractivity contribution is -0.116. The standard InChI is InChI=1S/C24H21ClN6O2/c1-3-33-18-6-4-5-16(11-18)19-12-21(32)28-23-22(19)14(2)30-31(23)24-27-20(13-26-29-24)15-7-9-17(25)10-8-15/h4-11,13,19H,3,12H2,1-2H3,(H,28,32)/t19-/m1/s1. The average molecular weight is 461 g/mol. The number of anilines is 1. The van der Waals surface area contributed by atoms with Gasteiger partial charge in [-0.05, 0) is 43.7 Å². The molecule has 0 unspecified atom stereocenters. The quantitative estimate of drug-likeness (QED) is 0.469. The molecule has 33 heavy (non-hydrogen) atoms. The van der Waals surface area contributed by atoms with Gasteiger partial charge in [-0.1, -0.05) is 35.9 Å². The Kier molecular flexibility index (Phi) is 5.51. The SMILES string of the molecule is CCOc1cccc([C@H]2CC(=O)Nc3c2c(C)nn3-c2nncc(-c3ccc(Cl)cc3)n2)c1. The zero-order valence-electron chi connectivity index (χ0n) is 18.1. The molecule has 0 radical (unpaired) electrons. The van der Waals surface area contributed by atoms with Gasteiger partial charge in [-0.15, -0.1) is 5.10 Å². The van der Waals surface area contributed by atoms with Gasteiger partial charge in [0.15, 0.2) is 0 Å². The molecule has 9 heteroatoms. The van der Waals surface area contributed by atoms with E-state index in [1.807, 2.05) is 50.2 Å². The summed E-state index contributed by atoms with van der Waals surface area (Å²) in [7, 11) is 0. The Morgan fingerprint density at radius 2 is 2.03 bits per heavy atom. The molecule has 1 amide bonds. The third kappa shape index (κ3) is 4.05. The number of nitrogens with one attached hydrogen (secondary N) is 1. The minimum Gasteiger partial charge on any atom is -0.494 e. The highest BCUT2D eigenvalue weighted by Crippen LogP contribution is 2.40. The van der Waals surface area contributed by atoms with Gasteiger partial charge >= 0.3 is 0 Å². The van der Waals surface area contributed by atoms with Gasteiger partial charge in [0, 0.05) is 28.5 Å². The van der Waals surface area contributed by atoms with Gasteiger partial charge < -0.3 is 10.1 Å². The summed E-state index contributed by atoms with van der Waals surface area (Å²) in [6.07, 6.45) is 1.90. The smallest absolute Gasteiger partial charge is 0.272 e. The van der Waals surface area contributed by atoms with E-state index < -0.39 is 0 Å². The van der Waals surface area contributed by atoms with Crippen LogP contribution in [0.3, 0.4) is 0 Å². The van der Waals surface area contributed by atoms with Gasteiger partial charge in [-0.3, -0.25) is 4.79 Å². The predicted octanol–water partition coefficient (Wildman–Crippen LogP) is 4.56. The van der Waals surface area contributed by atoms with Crippen LogP contribution in [-0.4, -0.2) is 37.5 Å². The van der Waals surface area contributed by atoms with Crippen molar-refractivity contribution >= 4 is 23.3 Å². The lowest BCUT2D eigenvalue weighted by Gasteiger charge is -2.24. The van der Waals surface area contributed by atoms with Crippen molar-refractivity contribution in [1.29, 1.82) is 0 Å². The summed E-state index contributed by atoms with van der Waals surface area (Å²) in [6.45, 7) is 4.44. The molecule has 1 aliphatic rings. The summed E-state index contributed by atoms with van der Waals surface area (Å²) in [5.74, 6) is 1.35. The number of fused-ring (bicyclic) bond motifs is 1. The van der Waals surface area contributed by atoms with Gasteiger partial charge in [-0.25, -0.2) is 4.98 Å². The molecule has 4 aromatic rings. The summed E-state index contributed by atoms with van der Waals surface area (Å²) in [5.41, 5.74) is 4.19. The zero-order valence-corrected chi connectivity index (χ0v) is 18.9. The lowest BCUT2D eigenvalue weighted by atomic mass is 9.86. The topological polar surface area (TPSA) is 94.8 Å². The van der Waals surface area contributed by atoms with Crippen LogP contribution >= 0.6 is 11.6 Å². The second-order valence-electron chi connectivity index (χ2n) is 7.72. The number of aryl methyl sites for hydroxylation is 1. The van der Waals surface area contributed by atoms with Crippen LogP contribution in [0.5, 0.6) is 5.75 Å². The maximum Gasteiger partial charge on any atom is 0.272 e. The van der Waals surface area contributed by atoms with Crippen molar-refractivity contribution in [3.05, 3.63) is 76.6 Å². The molecule has 1 atom stereocenters. The van der Waals surface area contributed by atoms with Gasteiger partial charge in [-0.2, -0.15) is 14.9 Å². The van der Waals surface area contributed by atoms with E-state index in [4.69, 9.17) is 16.3 Å². The second kappa shape index (κ2) is 8.63. The van der Waals surface area contributed by atoms with E-state index in [1.165, 1.54) is 0 Å². The Bertz CT molecular complexity index is 1340. The molecular formula is C24H21ClN6O2. The van der Waals surface area contributed by atoms with Crippen LogP contribution in [0.4, 0.5) is 5.82 Å². The molecule has 2 aromatic heterocycles. The monoisotopic (exact) mass is 460 g/mol. The third-order valence-corrected chi connectivity index (χ3v) is 5.80. The van der Waals surface area contributed by atoms with Crippen LogP contribution in [0.15, 0.2) is 54.7 Å². The molecule has 3 heterocycles. The number of rotatable bonds is 5. The first kappa shape index (κ1) is 21.1. The summed E-state index contributed by atoms with van der Waals surface area (Å²) >= 11 is 6.00. The van der Waals surface area contributed by atoms with E-state index >= 15 is 0 Å². The largest absolute Gasteiger partial charge is 0.494 e. The van der Waals surface area contributed by atoms with Gasteiger partial charge in [0.25, 0.3) is 5.95 Å². The Balaban J connectivity index is 1.58. The molecule has 8 nitrogen and oxygen atoms in total. The number of nitrogens with zero attached hydrogens (tertiary/aromatic N) is 5. The van der Waals surface area contributed by atoms with Gasteiger partial charge in [0.1, 0.15) is 11.6 Å². The van der Waals surface area contributed by atoms with E-state index in [-0.39, 0.29) is 17.8 Å². The summed E-state index contributed by atoms with van der Waals surface area (Å²) in [4.78, 5) is 17.3. The number of hydrogen-bond acceptors (Lipinski definition) is 6. The normalized spacial score (nSPS) is 15.1. The molecule has 5 rings (SSSR count). The number of halogens is 1. The van der Waals surface area contributed by atoms with Crippen LogP contribution in [-0.2, 0) is 4.79 Å². The molecule has 0 saturated heterocycles. The number of benzene rings is 2. The highest BCUT2D eigenvalue weighted by Gasteiger charge is 2.33. The lowest BCUT2D eigenvalue weighted by Crippen LogP contribution is -2.25. The molecule has 0 saturated carbocycles. The number of carbonyl (C=O) groups is 1. The summed E-state index contributed by atoms with van der Waals surface area (Å²) < 4.78 is 7.21. The van der Waals surface area contributed by atoms with Gasteiger partial charge in [0.05, 0.1) is 24.2 Å². The van der Waals surface area contributed by atoms with Crippen molar-refractivity contribution < 1.29 is 9.53 Å². The number of ether oxygens (including phenoxy) is 1. The second-order valence-corrected chi connectivity index (χ2v) is 8.15. The molecule has 0 bridgehead atoms. The first-order chi connectivity index (χ1) is 16.0. The Labute approximate surface area is 195 Å². The highest BCUT2D eigenvalue weighted by molar-refractivity contribution is 6.30. The van der Waals surface area contributed by atoms with Crippen molar-refractivity contribution in [3.8, 4) is 23.0 Å². The Morgan fingerprint density at radius 1 is 1.21 bits per heavy atom. The molecule has 1 aliphatic heterocycles. The molecular weight excluding hydrogens is 440 g/mol. The first-order valence-electron chi connectivity index (χ1n) is 10.6. The van der Waals surface area contributed by atoms with Gasteiger partial charge in [0.2, 0.25) is 5.91 Å². The number of hydrogen-bond donors (Lipinski definition) is 1. The molecule has 0 spiro atoms. The van der Waals surface area contributed by atoms with Crippen LogP contribution < -0.4 is 10.1 Å². The zero-order chi connectivity index (χ0) is 22.9. The number of amides is 1. The molecule has 166 valence electrons. The minimum absolute atomic E-state index is 0.0997. The number of carbonyl (C=O) groups excluding carboxylic acids is 1. The maximum absolute atomic E-state index is 12.7. The molecule has 1 N–H and O–H groups in total. The van der Waals surface area contributed by atoms with E-state index in [2.05, 4.69) is 25.6 Å². The maximum atomic E-state index is 12.7. The Hall–Kier alpha value is -3.78. The van der Waals surface area contributed by atoms with Crippen molar-refractivity contribution in [2.24, 2.45) is 0 Å².